The van der Waals surface area contributed by atoms with Gasteiger partial charge in [0.25, 0.3) is 6.02 Å². The van der Waals surface area contributed by atoms with Crippen LogP contribution in [0.15, 0.2) is 60.0 Å². The topological polar surface area (TPSA) is 85.9 Å². The maximum absolute atomic E-state index is 6.27. The number of rotatable bonds is 2. The number of nitrogens with two attached hydrogens (primary N) is 1. The van der Waals surface area contributed by atoms with Crippen LogP contribution < -0.4 is 15.4 Å². The van der Waals surface area contributed by atoms with Gasteiger partial charge in [-0.05, 0) is 49.1 Å². The average molecular weight is 413 g/mol. The van der Waals surface area contributed by atoms with E-state index in [1.54, 1.807) is 6.20 Å². The maximum Gasteiger partial charge on any atom is 0.283 e. The highest BCUT2D eigenvalue weighted by atomic mass is 16.5. The molecular weight excluding hydrogens is 390 g/mol. The van der Waals surface area contributed by atoms with Gasteiger partial charge >= 0.3 is 0 Å². The summed E-state index contributed by atoms with van der Waals surface area (Å²) in [6.45, 7) is 2.37. The third-order valence-electron chi connectivity index (χ3n) is 6.35. The maximum atomic E-state index is 6.27. The van der Waals surface area contributed by atoms with Crippen molar-refractivity contribution in [3.63, 3.8) is 0 Å². The first-order valence-corrected chi connectivity index (χ1v) is 10.7. The van der Waals surface area contributed by atoms with Crippen LogP contribution in [0, 0.1) is 0 Å². The number of aromatic nitrogens is 2. The first kappa shape index (κ1) is 18.2. The summed E-state index contributed by atoms with van der Waals surface area (Å²) in [5.74, 6) is 2.40. The van der Waals surface area contributed by atoms with E-state index in [9.17, 15) is 0 Å². The van der Waals surface area contributed by atoms with Gasteiger partial charge in [-0.3, -0.25) is 4.98 Å². The molecule has 2 aromatic heterocycles. The summed E-state index contributed by atoms with van der Waals surface area (Å²) in [6, 6.07) is 12.4. The van der Waals surface area contributed by atoms with E-state index >= 15 is 0 Å². The molecule has 1 atom stereocenters. The van der Waals surface area contributed by atoms with Crippen molar-refractivity contribution in [1.82, 2.24) is 9.97 Å². The Bertz CT molecular complexity index is 1170. The van der Waals surface area contributed by atoms with Gasteiger partial charge in [0, 0.05) is 42.2 Å². The number of aliphatic imine (C=N–C) groups is 1. The van der Waals surface area contributed by atoms with Crippen LogP contribution in [0.5, 0.6) is 11.5 Å². The number of fused-ring (bicyclic) bond motifs is 4. The smallest absolute Gasteiger partial charge is 0.283 e. The van der Waals surface area contributed by atoms with Gasteiger partial charge in [-0.1, -0.05) is 12.1 Å². The number of hydrogen-bond donors (Lipinski definition) is 1. The molecule has 3 aliphatic rings. The summed E-state index contributed by atoms with van der Waals surface area (Å²) in [6.07, 6.45) is 9.08. The van der Waals surface area contributed by atoms with Crippen molar-refractivity contribution in [3.05, 3.63) is 66.1 Å². The highest BCUT2D eigenvalue weighted by Crippen LogP contribution is 2.52. The molecule has 0 aliphatic carbocycles. The Hall–Kier alpha value is -3.61. The first-order chi connectivity index (χ1) is 15.2. The molecule has 31 heavy (non-hydrogen) atoms. The van der Waals surface area contributed by atoms with E-state index in [4.69, 9.17) is 25.2 Å². The molecule has 7 heteroatoms. The minimum absolute atomic E-state index is 0.196. The van der Waals surface area contributed by atoms with E-state index in [1.165, 1.54) is 19.3 Å². The first-order valence-electron chi connectivity index (χ1n) is 10.7. The Balaban J connectivity index is 1.51. The SMILES string of the molecule is NC1=N[C@@]2(CO1)c1cc(-c3cccnc3)ccc1Oc1cnc(N3CCCCC3)cc12. The van der Waals surface area contributed by atoms with Gasteiger partial charge in [0.1, 0.15) is 18.2 Å². The van der Waals surface area contributed by atoms with E-state index in [1.807, 2.05) is 36.7 Å². The Morgan fingerprint density at radius 3 is 2.58 bits per heavy atom. The highest BCUT2D eigenvalue weighted by Gasteiger charge is 2.47. The number of piperidine rings is 1. The Morgan fingerprint density at radius 2 is 1.81 bits per heavy atom. The highest BCUT2D eigenvalue weighted by molar-refractivity contribution is 5.78. The van der Waals surface area contributed by atoms with E-state index in [-0.39, 0.29) is 6.02 Å². The number of amidine groups is 1. The van der Waals surface area contributed by atoms with Crippen molar-refractivity contribution >= 4 is 11.8 Å². The van der Waals surface area contributed by atoms with Gasteiger partial charge in [0.15, 0.2) is 11.3 Å². The van der Waals surface area contributed by atoms with Crippen LogP contribution in [0.1, 0.15) is 30.4 Å². The molecule has 0 radical (unpaired) electrons. The molecule has 156 valence electrons. The molecule has 3 aliphatic heterocycles. The van der Waals surface area contributed by atoms with Crippen molar-refractivity contribution in [3.8, 4) is 22.6 Å². The lowest BCUT2D eigenvalue weighted by molar-refractivity contribution is 0.264. The Labute approximate surface area is 180 Å². The molecule has 5 heterocycles. The van der Waals surface area contributed by atoms with Crippen LogP contribution in [0.3, 0.4) is 0 Å². The number of anilines is 1. The molecule has 1 spiro atoms. The molecule has 0 amide bonds. The normalized spacial score (nSPS) is 21.7. The number of ether oxygens (including phenoxy) is 2. The van der Waals surface area contributed by atoms with Crippen LogP contribution in [-0.2, 0) is 10.3 Å². The Morgan fingerprint density at radius 1 is 0.935 bits per heavy atom. The van der Waals surface area contributed by atoms with Gasteiger partial charge in [-0.2, -0.15) is 0 Å². The lowest BCUT2D eigenvalue weighted by Gasteiger charge is -2.35. The van der Waals surface area contributed by atoms with Crippen LogP contribution in [-0.4, -0.2) is 35.7 Å². The van der Waals surface area contributed by atoms with Crippen molar-refractivity contribution in [2.24, 2.45) is 10.7 Å². The molecule has 0 saturated carbocycles. The van der Waals surface area contributed by atoms with Crippen molar-refractivity contribution < 1.29 is 9.47 Å². The fourth-order valence-corrected chi connectivity index (χ4v) is 4.76. The molecular formula is C24H23N5O2. The molecule has 6 rings (SSSR count). The lowest BCUT2D eigenvalue weighted by Crippen LogP contribution is -2.33. The Kier molecular flexibility index (Phi) is 4.09. The van der Waals surface area contributed by atoms with Crippen molar-refractivity contribution in [2.75, 3.05) is 24.6 Å². The molecule has 1 fully saturated rings. The van der Waals surface area contributed by atoms with E-state index in [0.29, 0.717) is 12.4 Å². The molecule has 7 nitrogen and oxygen atoms in total. The van der Waals surface area contributed by atoms with Crippen LogP contribution in [0.2, 0.25) is 0 Å². The van der Waals surface area contributed by atoms with Gasteiger partial charge in [0.2, 0.25) is 0 Å². The number of nitrogens with zero attached hydrogens (tertiary/aromatic N) is 4. The minimum Gasteiger partial charge on any atom is -0.462 e. The lowest BCUT2D eigenvalue weighted by atomic mass is 9.80. The second-order valence-corrected chi connectivity index (χ2v) is 8.24. The predicted molar refractivity (Wildman–Crippen MR) is 118 cm³/mol. The number of benzene rings is 1. The molecule has 3 aromatic rings. The fourth-order valence-electron chi connectivity index (χ4n) is 4.76. The monoisotopic (exact) mass is 413 g/mol. The van der Waals surface area contributed by atoms with E-state index in [2.05, 4.69) is 22.0 Å². The predicted octanol–water partition coefficient (Wildman–Crippen LogP) is 3.83. The van der Waals surface area contributed by atoms with Crippen LogP contribution in [0.25, 0.3) is 11.1 Å². The summed E-state index contributed by atoms with van der Waals surface area (Å²) in [4.78, 5) is 16.1. The largest absolute Gasteiger partial charge is 0.462 e. The summed E-state index contributed by atoms with van der Waals surface area (Å²) in [5.41, 5.74) is 9.25. The van der Waals surface area contributed by atoms with Crippen LogP contribution in [0.4, 0.5) is 5.82 Å². The zero-order valence-electron chi connectivity index (χ0n) is 17.1. The van der Waals surface area contributed by atoms with E-state index < -0.39 is 5.54 Å². The van der Waals surface area contributed by atoms with Gasteiger partial charge in [-0.25, -0.2) is 9.98 Å². The minimum atomic E-state index is -0.751. The molecule has 1 aromatic carbocycles. The standard InChI is InChI=1S/C24H23N5O2/c25-23-28-24(15-30-23)18-11-16(17-5-4-8-26-13-17)6-7-20(18)31-21-14-27-22(12-19(21)24)29-9-2-1-3-10-29/h4-8,11-14H,1-3,9-10,15H2,(H2,25,28)/t24-/m0/s1. The summed E-state index contributed by atoms with van der Waals surface area (Å²) < 4.78 is 12.0. The third kappa shape index (κ3) is 2.91. The van der Waals surface area contributed by atoms with Gasteiger partial charge in [-0.15, -0.1) is 0 Å². The number of pyridine rings is 2. The average Bonchev–Trinajstić information content (AvgIpc) is 3.22. The summed E-state index contributed by atoms with van der Waals surface area (Å²) >= 11 is 0. The second-order valence-electron chi connectivity index (χ2n) is 8.24. The number of hydrogen-bond acceptors (Lipinski definition) is 7. The second kappa shape index (κ2) is 6.97. The quantitative estimate of drug-likeness (QED) is 0.687. The zero-order valence-corrected chi connectivity index (χ0v) is 17.1. The van der Waals surface area contributed by atoms with Gasteiger partial charge in [0.05, 0.1) is 6.20 Å². The van der Waals surface area contributed by atoms with Crippen molar-refractivity contribution in [2.45, 2.75) is 24.8 Å². The fraction of sp³-hybridized carbons (Fsp3) is 0.292. The van der Waals surface area contributed by atoms with Gasteiger partial charge < -0.3 is 20.1 Å². The van der Waals surface area contributed by atoms with E-state index in [0.717, 1.165) is 46.9 Å². The zero-order chi connectivity index (χ0) is 20.8. The van der Waals surface area contributed by atoms with Crippen LogP contribution >= 0.6 is 0 Å². The van der Waals surface area contributed by atoms with Crippen molar-refractivity contribution in [1.29, 1.82) is 0 Å². The molecule has 0 bridgehead atoms. The molecule has 0 unspecified atom stereocenters. The molecule has 2 N–H and O–H groups in total. The molecule has 1 saturated heterocycles. The third-order valence-corrected chi connectivity index (χ3v) is 6.35. The summed E-state index contributed by atoms with van der Waals surface area (Å²) in [5, 5.41) is 0. The summed E-state index contributed by atoms with van der Waals surface area (Å²) in [7, 11) is 0.